The molecule has 0 aliphatic carbocycles. The molecule has 0 fully saturated rings. The van der Waals surface area contributed by atoms with Gasteiger partial charge < -0.3 is 15.4 Å². The SMILES string of the molecule is COC(=O)c1ccccc1Nc1cc(NCCC(C)C)ncn1. The Balaban J connectivity index is 2.10. The molecule has 0 bridgehead atoms. The van der Waals surface area contributed by atoms with E-state index in [0.29, 0.717) is 23.0 Å². The lowest BCUT2D eigenvalue weighted by Gasteiger charge is -2.11. The number of nitrogens with zero attached hydrogens (tertiary/aromatic N) is 2. The second-order valence-corrected chi connectivity index (χ2v) is 5.56. The smallest absolute Gasteiger partial charge is 0.339 e. The number of ether oxygens (including phenoxy) is 1. The number of rotatable bonds is 7. The van der Waals surface area contributed by atoms with Crippen molar-refractivity contribution in [2.24, 2.45) is 5.92 Å². The van der Waals surface area contributed by atoms with Crippen LogP contribution in [0.15, 0.2) is 36.7 Å². The van der Waals surface area contributed by atoms with Crippen LogP contribution >= 0.6 is 0 Å². The molecule has 0 aliphatic rings. The van der Waals surface area contributed by atoms with Crippen molar-refractivity contribution in [3.63, 3.8) is 0 Å². The lowest BCUT2D eigenvalue weighted by atomic mass is 10.1. The largest absolute Gasteiger partial charge is 0.465 e. The first-order valence-corrected chi connectivity index (χ1v) is 7.60. The second kappa shape index (κ2) is 8.12. The van der Waals surface area contributed by atoms with Gasteiger partial charge in [-0.05, 0) is 24.5 Å². The van der Waals surface area contributed by atoms with E-state index in [1.165, 1.54) is 13.4 Å². The molecule has 1 aromatic carbocycles. The van der Waals surface area contributed by atoms with Crippen LogP contribution in [0.4, 0.5) is 17.3 Å². The number of hydrogen-bond acceptors (Lipinski definition) is 6. The molecule has 0 unspecified atom stereocenters. The molecule has 1 aromatic heterocycles. The summed E-state index contributed by atoms with van der Waals surface area (Å²) in [6.45, 7) is 5.21. The van der Waals surface area contributed by atoms with E-state index in [-0.39, 0.29) is 0 Å². The number of carbonyl (C=O) groups is 1. The maximum atomic E-state index is 11.8. The van der Waals surface area contributed by atoms with Crippen LogP contribution in [0.2, 0.25) is 0 Å². The van der Waals surface area contributed by atoms with Crippen LogP contribution < -0.4 is 10.6 Å². The Morgan fingerprint density at radius 2 is 1.96 bits per heavy atom. The number of nitrogens with one attached hydrogen (secondary N) is 2. The standard InChI is InChI=1S/C17H22N4O2/c1-12(2)8-9-18-15-10-16(20-11-19-15)21-14-7-5-4-6-13(14)17(22)23-3/h4-7,10-12H,8-9H2,1-3H3,(H2,18,19,20,21). The first kappa shape index (κ1) is 16.7. The zero-order valence-corrected chi connectivity index (χ0v) is 13.7. The molecular formula is C17H22N4O2. The number of carbonyl (C=O) groups excluding carboxylic acids is 1. The predicted molar refractivity (Wildman–Crippen MR) is 91.0 cm³/mol. The molecule has 0 spiro atoms. The molecular weight excluding hydrogens is 292 g/mol. The van der Waals surface area contributed by atoms with E-state index in [2.05, 4.69) is 34.4 Å². The number of esters is 1. The third-order valence-corrected chi connectivity index (χ3v) is 3.29. The summed E-state index contributed by atoms with van der Waals surface area (Å²) in [5, 5.41) is 6.40. The minimum atomic E-state index is -0.391. The fourth-order valence-electron chi connectivity index (χ4n) is 2.03. The normalized spacial score (nSPS) is 10.4. The van der Waals surface area contributed by atoms with E-state index in [1.54, 1.807) is 18.2 Å². The zero-order valence-electron chi connectivity index (χ0n) is 13.7. The van der Waals surface area contributed by atoms with Crippen molar-refractivity contribution < 1.29 is 9.53 Å². The number of methoxy groups -OCH3 is 1. The second-order valence-electron chi connectivity index (χ2n) is 5.56. The van der Waals surface area contributed by atoms with Crippen molar-refractivity contribution in [2.45, 2.75) is 20.3 Å². The minimum Gasteiger partial charge on any atom is -0.465 e. The van der Waals surface area contributed by atoms with Gasteiger partial charge >= 0.3 is 5.97 Å². The zero-order chi connectivity index (χ0) is 16.7. The average Bonchev–Trinajstić information content (AvgIpc) is 2.55. The summed E-state index contributed by atoms with van der Waals surface area (Å²) in [6, 6.07) is 8.96. The molecule has 0 saturated carbocycles. The van der Waals surface area contributed by atoms with Gasteiger partial charge in [0, 0.05) is 12.6 Å². The van der Waals surface area contributed by atoms with Gasteiger partial charge in [0.2, 0.25) is 0 Å². The van der Waals surface area contributed by atoms with Gasteiger partial charge in [-0.1, -0.05) is 26.0 Å². The summed E-state index contributed by atoms with van der Waals surface area (Å²) in [7, 11) is 1.36. The molecule has 0 atom stereocenters. The Kier molecular flexibility index (Phi) is 5.91. The first-order chi connectivity index (χ1) is 11.1. The van der Waals surface area contributed by atoms with Crippen LogP contribution in [0.3, 0.4) is 0 Å². The monoisotopic (exact) mass is 314 g/mol. The van der Waals surface area contributed by atoms with E-state index in [1.807, 2.05) is 12.1 Å². The average molecular weight is 314 g/mol. The van der Waals surface area contributed by atoms with Crippen molar-refractivity contribution in [1.29, 1.82) is 0 Å². The van der Waals surface area contributed by atoms with Gasteiger partial charge in [0.25, 0.3) is 0 Å². The van der Waals surface area contributed by atoms with Crippen LogP contribution in [-0.4, -0.2) is 29.6 Å². The molecule has 23 heavy (non-hydrogen) atoms. The lowest BCUT2D eigenvalue weighted by molar-refractivity contribution is 0.0602. The maximum Gasteiger partial charge on any atom is 0.339 e. The van der Waals surface area contributed by atoms with Crippen LogP contribution in [0.5, 0.6) is 0 Å². The molecule has 2 aromatic rings. The summed E-state index contributed by atoms with van der Waals surface area (Å²) < 4.78 is 4.79. The van der Waals surface area contributed by atoms with Crippen LogP contribution in [0, 0.1) is 5.92 Å². The molecule has 122 valence electrons. The highest BCUT2D eigenvalue weighted by Crippen LogP contribution is 2.21. The summed E-state index contributed by atoms with van der Waals surface area (Å²) in [5.41, 5.74) is 1.11. The number of anilines is 3. The topological polar surface area (TPSA) is 76.1 Å². The van der Waals surface area contributed by atoms with E-state index >= 15 is 0 Å². The fourth-order valence-corrected chi connectivity index (χ4v) is 2.03. The summed E-state index contributed by atoms with van der Waals surface area (Å²) in [4.78, 5) is 20.2. The fraction of sp³-hybridized carbons (Fsp3) is 0.353. The van der Waals surface area contributed by atoms with Crippen molar-refractivity contribution in [1.82, 2.24) is 9.97 Å². The van der Waals surface area contributed by atoms with Crippen molar-refractivity contribution in [3.05, 3.63) is 42.2 Å². The molecule has 2 rings (SSSR count). The highest BCUT2D eigenvalue weighted by Gasteiger charge is 2.11. The number of para-hydroxylation sites is 1. The van der Waals surface area contributed by atoms with Gasteiger partial charge in [-0.3, -0.25) is 0 Å². The molecule has 1 heterocycles. The van der Waals surface area contributed by atoms with Gasteiger partial charge in [-0.15, -0.1) is 0 Å². The molecule has 2 N–H and O–H groups in total. The molecule has 0 radical (unpaired) electrons. The molecule has 0 saturated heterocycles. The van der Waals surface area contributed by atoms with Crippen molar-refractivity contribution >= 4 is 23.3 Å². The third kappa shape index (κ3) is 4.95. The van der Waals surface area contributed by atoms with Gasteiger partial charge in [0.15, 0.2) is 0 Å². The Labute approximate surface area is 136 Å². The predicted octanol–water partition coefficient (Wildman–Crippen LogP) is 3.46. The van der Waals surface area contributed by atoms with Gasteiger partial charge in [-0.2, -0.15) is 0 Å². The summed E-state index contributed by atoms with van der Waals surface area (Å²) in [6.07, 6.45) is 2.55. The Bertz CT molecular complexity index is 659. The number of hydrogen-bond donors (Lipinski definition) is 2. The molecule has 6 heteroatoms. The van der Waals surface area contributed by atoms with Crippen LogP contribution in [0.1, 0.15) is 30.6 Å². The maximum absolute atomic E-state index is 11.8. The van der Waals surface area contributed by atoms with Gasteiger partial charge in [0.05, 0.1) is 18.4 Å². The van der Waals surface area contributed by atoms with E-state index in [4.69, 9.17) is 4.74 Å². The minimum absolute atomic E-state index is 0.391. The van der Waals surface area contributed by atoms with Crippen molar-refractivity contribution in [3.8, 4) is 0 Å². The van der Waals surface area contributed by atoms with E-state index in [0.717, 1.165) is 18.8 Å². The third-order valence-electron chi connectivity index (χ3n) is 3.29. The number of aromatic nitrogens is 2. The molecule has 0 amide bonds. The van der Waals surface area contributed by atoms with Gasteiger partial charge in [0.1, 0.15) is 18.0 Å². The van der Waals surface area contributed by atoms with Crippen LogP contribution in [0.25, 0.3) is 0 Å². The van der Waals surface area contributed by atoms with E-state index < -0.39 is 5.97 Å². The highest BCUT2D eigenvalue weighted by atomic mass is 16.5. The summed E-state index contributed by atoms with van der Waals surface area (Å²) in [5.74, 6) is 1.61. The number of benzene rings is 1. The van der Waals surface area contributed by atoms with Crippen LogP contribution in [-0.2, 0) is 4.74 Å². The molecule has 0 aliphatic heterocycles. The Morgan fingerprint density at radius 1 is 1.22 bits per heavy atom. The quantitative estimate of drug-likeness (QED) is 0.762. The van der Waals surface area contributed by atoms with E-state index in [9.17, 15) is 4.79 Å². The van der Waals surface area contributed by atoms with Crippen molar-refractivity contribution in [2.75, 3.05) is 24.3 Å². The lowest BCUT2D eigenvalue weighted by Crippen LogP contribution is -2.08. The Hall–Kier alpha value is -2.63. The summed E-state index contributed by atoms with van der Waals surface area (Å²) >= 11 is 0. The van der Waals surface area contributed by atoms with Gasteiger partial charge in [-0.25, -0.2) is 14.8 Å². The highest BCUT2D eigenvalue weighted by molar-refractivity contribution is 5.96. The Morgan fingerprint density at radius 3 is 2.70 bits per heavy atom. The first-order valence-electron chi connectivity index (χ1n) is 7.60. The molecule has 6 nitrogen and oxygen atoms in total.